The summed E-state index contributed by atoms with van der Waals surface area (Å²) in [5.74, 6) is 1.26. The second-order valence-corrected chi connectivity index (χ2v) is 24.5. The zero-order valence-electron chi connectivity index (χ0n) is 42.6. The molecular weight excluding hydrogens is 993 g/mol. The van der Waals surface area contributed by atoms with E-state index in [1.165, 1.54) is 19.0 Å². The van der Waals surface area contributed by atoms with Crippen molar-refractivity contribution in [1.29, 1.82) is 0 Å². The highest BCUT2D eigenvalue weighted by molar-refractivity contribution is 7.71. The maximum Gasteiger partial charge on any atom is 0.262 e. The number of aromatic nitrogens is 6. The molecule has 6 aromatic rings. The van der Waals surface area contributed by atoms with Crippen molar-refractivity contribution in [3.8, 4) is 16.9 Å². The highest BCUT2D eigenvalue weighted by atomic mass is 35.5. The molecule has 19 nitrogen and oxygen atoms in total. The van der Waals surface area contributed by atoms with Crippen LogP contribution in [0.1, 0.15) is 72.1 Å². The number of ether oxygens (including phenoxy) is 1. The Morgan fingerprint density at radius 3 is 2.20 bits per heavy atom. The van der Waals surface area contributed by atoms with Crippen molar-refractivity contribution in [2.45, 2.75) is 57.4 Å². The number of methoxy groups -OCH3 is 1. The highest BCUT2D eigenvalue weighted by Crippen LogP contribution is 2.44. The Morgan fingerprint density at radius 2 is 1.49 bits per heavy atom. The zero-order valence-corrected chi connectivity index (χ0v) is 44.2. The van der Waals surface area contributed by atoms with Crippen LogP contribution >= 0.6 is 18.7 Å². The number of benzene rings is 3. The molecule has 0 spiro atoms. The third-order valence-electron chi connectivity index (χ3n) is 15.8. The third-order valence-corrected chi connectivity index (χ3v) is 17.6. The zero-order chi connectivity index (χ0) is 52.1. The number of hydrogen-bond donors (Lipinski definition) is 3. The van der Waals surface area contributed by atoms with Gasteiger partial charge in [0.1, 0.15) is 29.5 Å². The molecular formula is C54H61ClN13O6P. The fraction of sp³-hybridized carbons (Fsp3) is 0.426. The van der Waals surface area contributed by atoms with Gasteiger partial charge in [-0.1, -0.05) is 11.6 Å². The molecule has 0 saturated carbocycles. The van der Waals surface area contributed by atoms with E-state index in [0.717, 1.165) is 98.9 Å². The number of amides is 4. The number of nitrogens with zero attached hydrogens (tertiary/aromatic N) is 10. The average Bonchev–Trinajstić information content (AvgIpc) is 3.96. The molecule has 75 heavy (non-hydrogen) atoms. The molecule has 1 atom stereocenters. The molecule has 3 aromatic carbocycles. The number of anilines is 6. The van der Waals surface area contributed by atoms with Gasteiger partial charge in [0.25, 0.3) is 11.8 Å². The lowest BCUT2D eigenvalue weighted by atomic mass is 9.78. The van der Waals surface area contributed by atoms with Gasteiger partial charge in [0.15, 0.2) is 5.82 Å². The van der Waals surface area contributed by atoms with E-state index in [-0.39, 0.29) is 29.7 Å². The molecule has 21 heteroatoms. The number of imide groups is 2. The van der Waals surface area contributed by atoms with E-state index in [9.17, 15) is 23.7 Å². The number of aryl methyl sites for hydroxylation is 1. The third kappa shape index (κ3) is 10.2. The van der Waals surface area contributed by atoms with Crippen LogP contribution < -0.4 is 35.8 Å². The van der Waals surface area contributed by atoms with E-state index in [1.807, 2.05) is 42.3 Å². The Kier molecular flexibility index (Phi) is 13.8. The minimum absolute atomic E-state index is 0.0937. The molecule has 0 radical (unpaired) electrons. The van der Waals surface area contributed by atoms with Crippen molar-refractivity contribution < 1.29 is 28.5 Å². The molecule has 5 aliphatic rings. The van der Waals surface area contributed by atoms with Crippen molar-refractivity contribution in [3.63, 3.8) is 0 Å². The van der Waals surface area contributed by atoms with Crippen LogP contribution in [0, 0.1) is 17.8 Å². The molecule has 4 fully saturated rings. The molecule has 0 aliphatic carbocycles. The number of nitrogens with one attached hydrogen (secondary N) is 3. The summed E-state index contributed by atoms with van der Waals surface area (Å²) in [6.45, 7) is 10.3. The first-order chi connectivity index (χ1) is 36.2. The Bertz CT molecular complexity index is 3270. The van der Waals surface area contributed by atoms with E-state index in [4.69, 9.17) is 21.3 Å². The number of likely N-dealkylation sites (tertiary alicyclic amines) is 1. The summed E-state index contributed by atoms with van der Waals surface area (Å²) >= 11 is 6.69. The standard InChI is InChI=1S/C54H61ClN13O6P/c1-64-31-35(28-59-64)38-26-43(61-54-58-29-40(55)50(63-54)60-42-8-7-41-48(57-18-17-56-41)49(42)75(3,4)73)46(74-2)27-45(38)67-23-15-34(16-24-67)33-13-19-65(20-14-33)30-32-11-21-66(22-12-32)36-5-6-37-39(25-36)53(72)68(52(37)71)44-9-10-47(69)62-51(44)70/h5-8,17-18,25-29,31-34,44H,9-16,19-24,30H2,1-4H3,(H,62,69,70)(H2,58,60,61,63). The van der Waals surface area contributed by atoms with E-state index in [0.29, 0.717) is 68.2 Å². The largest absolute Gasteiger partial charge is 0.494 e. The van der Waals surface area contributed by atoms with Crippen molar-refractivity contribution in [3.05, 3.63) is 89.6 Å². The van der Waals surface area contributed by atoms with E-state index in [1.54, 1.807) is 45.0 Å². The number of fused-ring (bicyclic) bond motifs is 2. The second-order valence-electron chi connectivity index (χ2n) is 20.9. The monoisotopic (exact) mass is 1050 g/mol. The summed E-state index contributed by atoms with van der Waals surface area (Å²) in [7, 11) is 0.742. The van der Waals surface area contributed by atoms with Gasteiger partial charge in [0.05, 0.1) is 52.8 Å². The van der Waals surface area contributed by atoms with Gasteiger partial charge < -0.3 is 34.6 Å². The molecule has 8 heterocycles. The van der Waals surface area contributed by atoms with Crippen LogP contribution in [-0.4, -0.2) is 135 Å². The summed E-state index contributed by atoms with van der Waals surface area (Å²) in [6, 6.07) is 12.3. The first kappa shape index (κ1) is 50.2. The topological polar surface area (TPSA) is 213 Å². The number of piperidine rings is 4. The maximum atomic E-state index is 13.6. The number of carbonyl (C=O) groups is 4. The maximum absolute atomic E-state index is 13.6. The van der Waals surface area contributed by atoms with Crippen LogP contribution in [0.4, 0.5) is 34.5 Å². The van der Waals surface area contributed by atoms with Gasteiger partial charge in [-0.2, -0.15) is 10.1 Å². The molecule has 1 unspecified atom stereocenters. The Labute approximate surface area is 440 Å². The van der Waals surface area contributed by atoms with Gasteiger partial charge in [0, 0.05) is 93.4 Å². The Balaban J connectivity index is 0.700. The number of rotatable bonds is 13. The first-order valence-electron chi connectivity index (χ1n) is 25.8. The van der Waals surface area contributed by atoms with Crippen LogP contribution in [0.5, 0.6) is 5.75 Å². The lowest BCUT2D eigenvalue weighted by molar-refractivity contribution is -0.136. The molecule has 3 aromatic heterocycles. The van der Waals surface area contributed by atoms with Crippen LogP contribution in [0.15, 0.2) is 73.4 Å². The number of hydrogen-bond acceptors (Lipinski definition) is 16. The predicted octanol–water partition coefficient (Wildman–Crippen LogP) is 7.46. The van der Waals surface area contributed by atoms with Crippen LogP contribution in [-0.2, 0) is 21.2 Å². The Hall–Kier alpha value is -6.95. The van der Waals surface area contributed by atoms with E-state index in [2.05, 4.69) is 62.8 Å². The van der Waals surface area contributed by atoms with Gasteiger partial charge >= 0.3 is 0 Å². The second kappa shape index (κ2) is 20.6. The van der Waals surface area contributed by atoms with Gasteiger partial charge in [0.2, 0.25) is 17.8 Å². The van der Waals surface area contributed by atoms with Crippen molar-refractivity contribution in [2.24, 2.45) is 24.8 Å². The highest BCUT2D eigenvalue weighted by Gasteiger charge is 2.45. The summed E-state index contributed by atoms with van der Waals surface area (Å²) < 4.78 is 21.5. The van der Waals surface area contributed by atoms with Crippen LogP contribution in [0.2, 0.25) is 5.02 Å². The molecule has 5 aliphatic heterocycles. The van der Waals surface area contributed by atoms with Gasteiger partial charge in [-0.3, -0.25) is 44.0 Å². The minimum atomic E-state index is -2.84. The first-order valence-corrected chi connectivity index (χ1v) is 28.8. The van der Waals surface area contributed by atoms with Crippen molar-refractivity contribution >= 4 is 93.2 Å². The number of carbonyl (C=O) groups excluding carboxylic acids is 4. The smallest absolute Gasteiger partial charge is 0.262 e. The molecule has 11 rings (SSSR count). The van der Waals surface area contributed by atoms with Crippen LogP contribution in [0.25, 0.3) is 22.2 Å². The number of halogens is 1. The van der Waals surface area contributed by atoms with Gasteiger partial charge in [-0.25, -0.2) is 4.98 Å². The molecule has 3 N–H and O–H groups in total. The summed E-state index contributed by atoms with van der Waals surface area (Å²) in [4.78, 5) is 77.7. The van der Waals surface area contributed by atoms with Crippen molar-refractivity contribution in [2.75, 3.05) is 86.7 Å². The normalized spacial score (nSPS) is 19.5. The SMILES string of the molecule is COc1cc(N2CCC(C3CCN(CC4CCN(c5ccc6c(c5)C(=O)N(C5CCC(=O)NC5=O)C6=O)CC4)CC3)CC2)c(-c2cnn(C)c2)cc1Nc1ncc(Cl)c(Nc2ccc3nccnc3c2P(C)(C)=O)n1. The quantitative estimate of drug-likeness (QED) is 0.0756. The lowest BCUT2D eigenvalue weighted by Crippen LogP contribution is -2.54. The summed E-state index contributed by atoms with van der Waals surface area (Å²) in [5.41, 5.74) is 7.06. The molecule has 390 valence electrons. The summed E-state index contributed by atoms with van der Waals surface area (Å²) in [6.07, 6.45) is 15.6. The fourth-order valence-electron chi connectivity index (χ4n) is 11.9. The van der Waals surface area contributed by atoms with E-state index >= 15 is 0 Å². The minimum Gasteiger partial charge on any atom is -0.494 e. The molecule has 4 saturated heterocycles. The van der Waals surface area contributed by atoms with Gasteiger partial charge in [-0.05, 0) is 126 Å². The summed E-state index contributed by atoms with van der Waals surface area (Å²) in [5, 5.41) is 14.4. The van der Waals surface area contributed by atoms with Crippen molar-refractivity contribution in [1.82, 2.24) is 44.8 Å². The fourth-order valence-corrected chi connectivity index (χ4v) is 13.5. The van der Waals surface area contributed by atoms with Gasteiger partial charge in [-0.15, -0.1) is 0 Å². The van der Waals surface area contributed by atoms with E-state index < -0.39 is 30.9 Å². The lowest BCUT2D eigenvalue weighted by Gasteiger charge is -2.42. The predicted molar refractivity (Wildman–Crippen MR) is 290 cm³/mol. The average molecular weight is 1050 g/mol. The Morgan fingerprint density at radius 1 is 0.773 bits per heavy atom. The van der Waals surface area contributed by atoms with Crippen LogP contribution in [0.3, 0.4) is 0 Å². The molecule has 0 bridgehead atoms. The molecule has 4 amide bonds.